The summed E-state index contributed by atoms with van der Waals surface area (Å²) in [6, 6.07) is 9.78. The first-order valence-corrected chi connectivity index (χ1v) is 17.7. The molecule has 1 unspecified atom stereocenters. The molecule has 1 aromatic carbocycles. The summed E-state index contributed by atoms with van der Waals surface area (Å²) >= 11 is 0. The van der Waals surface area contributed by atoms with E-state index in [0.717, 1.165) is 55.7 Å². The number of hydrogen-bond acceptors (Lipinski definition) is 12. The molecule has 0 spiro atoms. The summed E-state index contributed by atoms with van der Waals surface area (Å²) in [5.41, 5.74) is 2.80. The molecule has 0 radical (unpaired) electrons. The molecule has 3 aromatic heterocycles. The fourth-order valence-corrected chi connectivity index (χ4v) is 7.58. The second-order valence-electron chi connectivity index (χ2n) is 13.8. The van der Waals surface area contributed by atoms with Gasteiger partial charge in [-0.05, 0) is 63.1 Å². The number of ether oxygens (including phenoxy) is 4. The van der Waals surface area contributed by atoms with Crippen LogP contribution in [0.3, 0.4) is 0 Å². The van der Waals surface area contributed by atoms with Crippen molar-refractivity contribution in [2.45, 2.75) is 89.2 Å². The first kappa shape index (κ1) is 33.9. The smallest absolute Gasteiger partial charge is 0.256 e. The van der Waals surface area contributed by atoms with Crippen LogP contribution < -0.4 is 14.8 Å². The summed E-state index contributed by atoms with van der Waals surface area (Å²) in [5.74, 6) is 1.66. The van der Waals surface area contributed by atoms with Crippen molar-refractivity contribution in [3.8, 4) is 28.8 Å². The zero-order valence-electron chi connectivity index (χ0n) is 29.0. The van der Waals surface area contributed by atoms with Crippen molar-refractivity contribution in [1.82, 2.24) is 39.4 Å². The Morgan fingerprint density at radius 2 is 1.72 bits per heavy atom. The van der Waals surface area contributed by atoms with E-state index in [9.17, 15) is 5.26 Å². The topological polar surface area (TPSA) is 150 Å². The van der Waals surface area contributed by atoms with Crippen molar-refractivity contribution in [2.75, 3.05) is 38.9 Å². The van der Waals surface area contributed by atoms with E-state index >= 15 is 0 Å². The van der Waals surface area contributed by atoms with Gasteiger partial charge in [0.25, 0.3) is 5.88 Å². The molecule has 264 valence electrons. The first-order valence-electron chi connectivity index (χ1n) is 17.7. The summed E-state index contributed by atoms with van der Waals surface area (Å²) < 4.78 is 27.3. The normalized spacial score (nSPS) is 23.2. The average Bonchev–Trinajstić information content (AvgIpc) is 3.85. The Bertz CT molecular complexity index is 1720. The summed E-state index contributed by atoms with van der Waals surface area (Å²) in [4.78, 5) is 16.0. The molecular formula is C36H46N10O4. The molecule has 2 aliphatic heterocycles. The van der Waals surface area contributed by atoms with Crippen LogP contribution >= 0.6 is 0 Å². The zero-order chi connectivity index (χ0) is 34.5. The maximum Gasteiger partial charge on any atom is 0.256 e. The Morgan fingerprint density at radius 1 is 0.980 bits per heavy atom. The minimum absolute atomic E-state index is 0.208. The molecule has 0 amide bonds. The van der Waals surface area contributed by atoms with Gasteiger partial charge in [-0.1, -0.05) is 13.0 Å². The number of methoxy groups -OCH3 is 1. The second-order valence-corrected chi connectivity index (χ2v) is 13.8. The van der Waals surface area contributed by atoms with Gasteiger partial charge in [-0.3, -0.25) is 9.58 Å². The van der Waals surface area contributed by atoms with Gasteiger partial charge in [-0.25, -0.2) is 19.6 Å². The lowest BCUT2D eigenvalue weighted by atomic mass is 9.89. The molecule has 14 nitrogen and oxygen atoms in total. The minimum atomic E-state index is -0.230. The molecule has 3 aliphatic rings. The van der Waals surface area contributed by atoms with E-state index in [1.807, 2.05) is 25.3 Å². The van der Waals surface area contributed by atoms with Crippen molar-refractivity contribution in [1.29, 1.82) is 5.26 Å². The van der Waals surface area contributed by atoms with Crippen molar-refractivity contribution in [2.24, 2.45) is 5.92 Å². The summed E-state index contributed by atoms with van der Waals surface area (Å²) in [6.45, 7) is 7.36. The van der Waals surface area contributed by atoms with Crippen molar-refractivity contribution < 1.29 is 18.9 Å². The monoisotopic (exact) mass is 682 g/mol. The largest absolute Gasteiger partial charge is 0.487 e. The van der Waals surface area contributed by atoms with Gasteiger partial charge < -0.3 is 24.3 Å². The number of nitriles is 1. The molecule has 1 saturated carbocycles. The fourth-order valence-electron chi connectivity index (χ4n) is 7.58. The minimum Gasteiger partial charge on any atom is -0.487 e. The van der Waals surface area contributed by atoms with Gasteiger partial charge in [-0.15, -0.1) is 5.10 Å². The van der Waals surface area contributed by atoms with Crippen molar-refractivity contribution >= 4 is 11.6 Å². The van der Waals surface area contributed by atoms with E-state index in [2.05, 4.69) is 47.9 Å². The van der Waals surface area contributed by atoms with Gasteiger partial charge in [0.05, 0.1) is 50.8 Å². The predicted octanol–water partition coefficient (Wildman–Crippen LogP) is 5.02. The first-order chi connectivity index (χ1) is 24.5. The van der Waals surface area contributed by atoms with E-state index in [4.69, 9.17) is 24.0 Å². The molecule has 1 N–H and O–H groups in total. The number of aromatic nitrogens is 7. The van der Waals surface area contributed by atoms with Gasteiger partial charge in [0.1, 0.15) is 36.3 Å². The highest BCUT2D eigenvalue weighted by Crippen LogP contribution is 2.39. The van der Waals surface area contributed by atoms with E-state index in [1.54, 1.807) is 36.6 Å². The van der Waals surface area contributed by atoms with Crippen LogP contribution in [0.4, 0.5) is 11.6 Å². The SMILES string of the molecule is COCC(C)COc1nn([C@H]2CC[C@H](N3[C@@H]4CC[C@H]3COC4)CC2)cc1Nc1ncc(-c2ccc(C#N)c(O[C@@H](C)Cn3cncn3)c2)cn1. The number of nitrogens with one attached hydrogen (secondary N) is 1. The van der Waals surface area contributed by atoms with Gasteiger partial charge >= 0.3 is 0 Å². The van der Waals surface area contributed by atoms with E-state index in [-0.39, 0.29) is 12.0 Å². The number of morpholine rings is 1. The van der Waals surface area contributed by atoms with Gasteiger partial charge in [0, 0.05) is 49.1 Å². The number of fused-ring (bicyclic) bond motifs is 2. The standard InChI is InChI=1S/C36H46N10O4/c1-24(18-47-3)19-49-35-33(17-45(43-35)29-6-8-30(9-7-29)46-31-10-11-32(46)21-48-20-31)42-36-39-14-28(15-40-36)26-4-5-27(13-37)34(12-26)50-25(2)16-44-23-38-22-41-44/h4-5,12,14-15,17,22-25,29-32H,6-11,16,18-21H2,1-3H3,(H,39,40,42)/t24?,25-,29-,30-,31-,32+/m0/s1. The Labute approximate surface area is 292 Å². The third kappa shape index (κ3) is 7.75. The molecule has 2 bridgehead atoms. The van der Waals surface area contributed by atoms with E-state index in [0.29, 0.717) is 67.1 Å². The highest BCUT2D eigenvalue weighted by molar-refractivity contribution is 5.67. The number of rotatable bonds is 14. The maximum absolute atomic E-state index is 9.70. The quantitative estimate of drug-likeness (QED) is 0.190. The Hall–Kier alpha value is -4.58. The summed E-state index contributed by atoms with van der Waals surface area (Å²) in [6.07, 6.45) is 15.4. The summed E-state index contributed by atoms with van der Waals surface area (Å²) in [5, 5.41) is 22.1. The third-order valence-corrected chi connectivity index (χ3v) is 9.99. The second kappa shape index (κ2) is 15.5. The lowest BCUT2D eigenvalue weighted by molar-refractivity contribution is -0.0458. The van der Waals surface area contributed by atoms with Crippen LogP contribution in [0.25, 0.3) is 11.1 Å². The third-order valence-electron chi connectivity index (χ3n) is 9.99. The fraction of sp³-hybridized carbons (Fsp3) is 0.556. The van der Waals surface area contributed by atoms with Crippen LogP contribution in [0.15, 0.2) is 49.4 Å². The molecule has 7 rings (SSSR count). The number of anilines is 2. The van der Waals surface area contributed by atoms with Gasteiger partial charge in [0.2, 0.25) is 5.95 Å². The van der Waals surface area contributed by atoms with E-state index in [1.165, 1.54) is 19.2 Å². The highest BCUT2D eigenvalue weighted by atomic mass is 16.5. The molecule has 2 saturated heterocycles. The van der Waals surface area contributed by atoms with Crippen LogP contribution in [0.2, 0.25) is 0 Å². The Morgan fingerprint density at radius 3 is 2.42 bits per heavy atom. The number of hydrogen-bond donors (Lipinski definition) is 1. The number of nitrogens with zero attached hydrogens (tertiary/aromatic N) is 9. The van der Waals surface area contributed by atoms with Crippen LogP contribution in [0.1, 0.15) is 64.0 Å². The molecule has 4 atom stereocenters. The zero-order valence-corrected chi connectivity index (χ0v) is 29.0. The maximum atomic E-state index is 9.70. The summed E-state index contributed by atoms with van der Waals surface area (Å²) in [7, 11) is 1.70. The Balaban J connectivity index is 1.04. The highest BCUT2D eigenvalue weighted by Gasteiger charge is 2.42. The number of benzene rings is 1. The molecule has 1 aliphatic carbocycles. The van der Waals surface area contributed by atoms with Crippen LogP contribution in [0, 0.1) is 17.2 Å². The lowest BCUT2D eigenvalue weighted by Gasteiger charge is -2.43. The van der Waals surface area contributed by atoms with Crippen LogP contribution in [-0.4, -0.2) is 97.2 Å². The van der Waals surface area contributed by atoms with Crippen molar-refractivity contribution in [3.05, 3.63) is 55.0 Å². The molecule has 5 heterocycles. The average molecular weight is 683 g/mol. The molecular weight excluding hydrogens is 636 g/mol. The molecule has 4 aromatic rings. The van der Waals surface area contributed by atoms with Crippen LogP contribution in [-0.2, 0) is 16.0 Å². The van der Waals surface area contributed by atoms with Crippen LogP contribution in [0.5, 0.6) is 11.6 Å². The molecule has 14 heteroatoms. The Kier molecular flexibility index (Phi) is 10.5. The van der Waals surface area contributed by atoms with Gasteiger partial charge in [0.15, 0.2) is 0 Å². The van der Waals surface area contributed by atoms with E-state index < -0.39 is 0 Å². The predicted molar refractivity (Wildman–Crippen MR) is 185 cm³/mol. The van der Waals surface area contributed by atoms with Crippen molar-refractivity contribution in [3.63, 3.8) is 0 Å². The molecule has 3 fully saturated rings. The lowest BCUT2D eigenvalue weighted by Crippen LogP contribution is -2.52. The van der Waals surface area contributed by atoms with Gasteiger partial charge in [-0.2, -0.15) is 10.4 Å². The molecule has 50 heavy (non-hydrogen) atoms.